The molecule has 0 spiro atoms. The van der Waals surface area contributed by atoms with Gasteiger partial charge in [0.2, 0.25) is 0 Å². The third kappa shape index (κ3) is 3.85. The van der Waals surface area contributed by atoms with Crippen LogP contribution in [0.5, 0.6) is 0 Å². The Bertz CT molecular complexity index is 2950. The summed E-state index contributed by atoms with van der Waals surface area (Å²) in [5, 5.41) is 7.79. The Balaban J connectivity index is 1.19. The number of aromatic nitrogens is 2. The van der Waals surface area contributed by atoms with Gasteiger partial charge in [0.1, 0.15) is 0 Å². The van der Waals surface area contributed by atoms with Gasteiger partial charge in [0.25, 0.3) is 0 Å². The lowest BCUT2D eigenvalue weighted by Gasteiger charge is -2.21. The third-order valence-electron chi connectivity index (χ3n) is 10.3. The van der Waals surface area contributed by atoms with E-state index in [-0.39, 0.29) is 0 Å². The molecular formula is C46H28N2S. The Morgan fingerprint density at radius 3 is 1.80 bits per heavy atom. The van der Waals surface area contributed by atoms with Gasteiger partial charge in [-0.3, -0.25) is 0 Å². The largest absolute Gasteiger partial charge is 0.309 e. The summed E-state index contributed by atoms with van der Waals surface area (Å²) in [7, 11) is 0. The molecule has 10 aromatic rings. The van der Waals surface area contributed by atoms with Crippen LogP contribution >= 0.6 is 11.8 Å². The fourth-order valence-corrected chi connectivity index (χ4v) is 9.36. The summed E-state index contributed by atoms with van der Waals surface area (Å²) in [5.41, 5.74) is 12.3. The Hall–Kier alpha value is -6.03. The van der Waals surface area contributed by atoms with Gasteiger partial charge >= 0.3 is 0 Å². The molecule has 2 nitrogen and oxygen atoms in total. The monoisotopic (exact) mass is 640 g/mol. The Morgan fingerprint density at radius 1 is 0.327 bits per heavy atom. The van der Waals surface area contributed by atoms with E-state index in [1.807, 2.05) is 11.8 Å². The molecule has 8 aromatic carbocycles. The first-order valence-electron chi connectivity index (χ1n) is 16.8. The number of para-hydroxylation sites is 3. The molecule has 0 saturated heterocycles. The fourth-order valence-electron chi connectivity index (χ4n) is 8.19. The van der Waals surface area contributed by atoms with Crippen molar-refractivity contribution < 1.29 is 0 Å². The summed E-state index contributed by atoms with van der Waals surface area (Å²) < 4.78 is 4.85. The average molecular weight is 641 g/mol. The van der Waals surface area contributed by atoms with Crippen molar-refractivity contribution in [1.29, 1.82) is 0 Å². The molecule has 0 aliphatic carbocycles. The highest BCUT2D eigenvalue weighted by molar-refractivity contribution is 7.99. The third-order valence-corrected chi connectivity index (χ3v) is 11.4. The highest BCUT2D eigenvalue weighted by Gasteiger charge is 2.24. The molecule has 0 atom stereocenters. The van der Waals surface area contributed by atoms with Crippen LogP contribution in [0, 0.1) is 0 Å². The molecule has 3 heterocycles. The Kier molecular flexibility index (Phi) is 5.63. The maximum absolute atomic E-state index is 2.47. The van der Waals surface area contributed by atoms with Gasteiger partial charge in [-0.15, -0.1) is 0 Å². The minimum absolute atomic E-state index is 1.17. The first-order valence-corrected chi connectivity index (χ1v) is 17.6. The van der Waals surface area contributed by atoms with Crippen LogP contribution in [0.15, 0.2) is 180 Å². The van der Waals surface area contributed by atoms with Crippen molar-refractivity contribution in [3.8, 4) is 33.6 Å². The van der Waals surface area contributed by atoms with E-state index < -0.39 is 0 Å². The molecular weight excluding hydrogens is 613 g/mol. The predicted octanol–water partition coefficient (Wildman–Crippen LogP) is 12.8. The van der Waals surface area contributed by atoms with Crippen LogP contribution in [0.25, 0.3) is 88.0 Å². The number of fused-ring (bicyclic) bond motifs is 9. The summed E-state index contributed by atoms with van der Waals surface area (Å²) in [6.07, 6.45) is 0. The molecule has 1 aliphatic rings. The van der Waals surface area contributed by atoms with Crippen LogP contribution in [0.4, 0.5) is 0 Å². The molecule has 0 saturated carbocycles. The van der Waals surface area contributed by atoms with Gasteiger partial charge in [0, 0.05) is 48.1 Å². The number of nitrogens with zero attached hydrogens (tertiary/aromatic N) is 2. The number of rotatable bonds is 3. The lowest BCUT2D eigenvalue weighted by atomic mass is 9.94. The van der Waals surface area contributed by atoms with Crippen molar-refractivity contribution in [2.45, 2.75) is 9.79 Å². The van der Waals surface area contributed by atoms with E-state index in [1.54, 1.807) is 0 Å². The standard InChI is InChI=1S/C46H28N2S/c1-3-12-31(13-4-1)47-39-20-9-7-16-33(39)38-26-29(23-25-40(38)47)30-22-24-36-41(27-30)48(32-14-5-2-6-15-32)42-28-44-46-35(18-11-19-37(46)45(36)42)34-17-8-10-21-43(34)49-44/h1-28H. The maximum atomic E-state index is 2.47. The van der Waals surface area contributed by atoms with E-state index in [9.17, 15) is 0 Å². The molecule has 0 amide bonds. The second-order valence-electron chi connectivity index (χ2n) is 12.9. The second kappa shape index (κ2) is 10.2. The van der Waals surface area contributed by atoms with Crippen LogP contribution in [-0.2, 0) is 0 Å². The molecule has 0 radical (unpaired) electrons. The van der Waals surface area contributed by atoms with Gasteiger partial charge in [-0.2, -0.15) is 0 Å². The van der Waals surface area contributed by atoms with Crippen molar-refractivity contribution in [1.82, 2.24) is 9.13 Å². The normalized spacial score (nSPS) is 12.4. The lowest BCUT2D eigenvalue weighted by Crippen LogP contribution is -1.96. The minimum Gasteiger partial charge on any atom is -0.309 e. The molecule has 0 bridgehead atoms. The highest BCUT2D eigenvalue weighted by Crippen LogP contribution is 2.51. The van der Waals surface area contributed by atoms with Crippen molar-refractivity contribution in [2.75, 3.05) is 0 Å². The summed E-state index contributed by atoms with van der Waals surface area (Å²) >= 11 is 1.89. The van der Waals surface area contributed by atoms with Gasteiger partial charge in [-0.25, -0.2) is 0 Å². The molecule has 3 heteroatoms. The van der Waals surface area contributed by atoms with E-state index in [0.29, 0.717) is 0 Å². The minimum atomic E-state index is 1.17. The number of hydrogen-bond donors (Lipinski definition) is 0. The first kappa shape index (κ1) is 27.0. The summed E-state index contributed by atoms with van der Waals surface area (Å²) in [5.74, 6) is 0. The molecule has 0 fully saturated rings. The zero-order valence-electron chi connectivity index (χ0n) is 26.5. The topological polar surface area (TPSA) is 9.86 Å². The van der Waals surface area contributed by atoms with Gasteiger partial charge < -0.3 is 9.13 Å². The van der Waals surface area contributed by atoms with Crippen molar-refractivity contribution >= 4 is 66.1 Å². The van der Waals surface area contributed by atoms with Gasteiger partial charge in [0.05, 0.1) is 22.1 Å². The number of hydrogen-bond acceptors (Lipinski definition) is 1. The summed E-state index contributed by atoms with van der Waals surface area (Å²) in [6, 6.07) is 62.4. The van der Waals surface area contributed by atoms with Crippen molar-refractivity contribution in [3.05, 3.63) is 170 Å². The highest BCUT2D eigenvalue weighted by atomic mass is 32.2. The van der Waals surface area contributed by atoms with Crippen LogP contribution in [0.2, 0.25) is 0 Å². The zero-order chi connectivity index (χ0) is 32.1. The smallest absolute Gasteiger partial charge is 0.0558 e. The van der Waals surface area contributed by atoms with Crippen LogP contribution in [0.1, 0.15) is 0 Å². The lowest BCUT2D eigenvalue weighted by molar-refractivity contribution is 1.18. The van der Waals surface area contributed by atoms with Crippen molar-refractivity contribution in [2.24, 2.45) is 0 Å². The van der Waals surface area contributed by atoms with Gasteiger partial charge in [-0.05, 0) is 88.3 Å². The quantitative estimate of drug-likeness (QED) is 0.187. The Morgan fingerprint density at radius 2 is 0.959 bits per heavy atom. The average Bonchev–Trinajstić information content (AvgIpc) is 3.67. The molecule has 2 aromatic heterocycles. The van der Waals surface area contributed by atoms with Crippen LogP contribution < -0.4 is 0 Å². The van der Waals surface area contributed by atoms with E-state index in [2.05, 4.69) is 179 Å². The Labute approximate surface area is 287 Å². The molecule has 0 unspecified atom stereocenters. The second-order valence-corrected chi connectivity index (χ2v) is 14.0. The van der Waals surface area contributed by atoms with Crippen molar-refractivity contribution in [3.63, 3.8) is 0 Å². The van der Waals surface area contributed by atoms with E-state index in [0.717, 1.165) is 0 Å². The summed E-state index contributed by atoms with van der Waals surface area (Å²) in [4.78, 5) is 2.63. The fraction of sp³-hybridized carbons (Fsp3) is 0. The molecule has 11 rings (SSSR count). The van der Waals surface area contributed by atoms with E-state index >= 15 is 0 Å². The molecule has 49 heavy (non-hydrogen) atoms. The number of benzene rings is 8. The van der Waals surface area contributed by atoms with Crippen LogP contribution in [0.3, 0.4) is 0 Å². The molecule has 1 aliphatic heterocycles. The van der Waals surface area contributed by atoms with E-state index in [4.69, 9.17) is 0 Å². The molecule has 0 N–H and O–H groups in total. The molecule has 228 valence electrons. The van der Waals surface area contributed by atoms with Gasteiger partial charge in [-0.1, -0.05) is 121 Å². The zero-order valence-corrected chi connectivity index (χ0v) is 27.3. The maximum Gasteiger partial charge on any atom is 0.0558 e. The van der Waals surface area contributed by atoms with Crippen LogP contribution in [-0.4, -0.2) is 9.13 Å². The predicted molar refractivity (Wildman–Crippen MR) is 208 cm³/mol. The van der Waals surface area contributed by atoms with Gasteiger partial charge in [0.15, 0.2) is 0 Å². The first-order chi connectivity index (χ1) is 24.3. The summed E-state index contributed by atoms with van der Waals surface area (Å²) in [6.45, 7) is 0. The van der Waals surface area contributed by atoms with E-state index in [1.165, 1.54) is 97.8 Å². The SMILES string of the molecule is c1ccc(-n2c3ccccc3c3cc(-c4ccc5c6c7cccc8c7c(cc6n(-c6ccccc6)c5c4)Sc4ccccc4-8)ccc32)cc1.